The highest BCUT2D eigenvalue weighted by Gasteiger charge is 2.47. The third kappa shape index (κ3) is 6.17. The van der Waals surface area contributed by atoms with Gasteiger partial charge in [0.2, 0.25) is 7.37 Å². The predicted octanol–water partition coefficient (Wildman–Crippen LogP) is 5.94. The molecular weight excluding hydrogens is 442 g/mol. The SMILES string of the molecule is COc1ccc(C2(F)CC2)c(C2CCC(COc3cccc([C@H](O)CP(C)(=O)O)c3)CC2)c1. The summed E-state index contributed by atoms with van der Waals surface area (Å²) >= 11 is 0. The first-order valence-electron chi connectivity index (χ1n) is 11.7. The molecule has 2 aromatic rings. The fourth-order valence-corrected chi connectivity index (χ4v) is 5.74. The molecule has 0 bridgehead atoms. The van der Waals surface area contributed by atoms with Gasteiger partial charge in [-0.15, -0.1) is 0 Å². The first-order chi connectivity index (χ1) is 15.7. The Morgan fingerprint density at radius 1 is 1.12 bits per heavy atom. The lowest BCUT2D eigenvalue weighted by Gasteiger charge is -2.30. The van der Waals surface area contributed by atoms with E-state index in [1.807, 2.05) is 24.3 Å². The second-order valence-electron chi connectivity index (χ2n) is 9.77. The van der Waals surface area contributed by atoms with Crippen molar-refractivity contribution in [2.75, 3.05) is 26.5 Å². The van der Waals surface area contributed by atoms with Crippen LogP contribution in [0.25, 0.3) is 0 Å². The highest BCUT2D eigenvalue weighted by molar-refractivity contribution is 7.57. The molecular formula is C26H34FO5P. The van der Waals surface area contributed by atoms with Crippen molar-refractivity contribution >= 4 is 7.37 Å². The van der Waals surface area contributed by atoms with Gasteiger partial charge >= 0.3 is 0 Å². The van der Waals surface area contributed by atoms with Gasteiger partial charge in [-0.3, -0.25) is 4.57 Å². The van der Waals surface area contributed by atoms with Crippen LogP contribution in [-0.2, 0) is 10.2 Å². The molecule has 0 heterocycles. The van der Waals surface area contributed by atoms with Crippen molar-refractivity contribution in [1.29, 1.82) is 0 Å². The molecule has 1 unspecified atom stereocenters. The van der Waals surface area contributed by atoms with E-state index in [1.165, 1.54) is 6.66 Å². The monoisotopic (exact) mass is 476 g/mol. The van der Waals surface area contributed by atoms with E-state index in [9.17, 15) is 19.0 Å². The Morgan fingerprint density at radius 2 is 1.85 bits per heavy atom. The number of hydrogen-bond acceptors (Lipinski definition) is 4. The van der Waals surface area contributed by atoms with Crippen molar-refractivity contribution in [1.82, 2.24) is 0 Å². The lowest BCUT2D eigenvalue weighted by atomic mass is 9.77. The quantitative estimate of drug-likeness (QED) is 0.438. The fourth-order valence-electron chi connectivity index (χ4n) is 4.88. The van der Waals surface area contributed by atoms with Gasteiger partial charge in [-0.1, -0.05) is 18.2 Å². The van der Waals surface area contributed by atoms with Crippen LogP contribution in [0.2, 0.25) is 0 Å². The van der Waals surface area contributed by atoms with Gasteiger partial charge in [-0.05, 0) is 91.3 Å². The largest absolute Gasteiger partial charge is 0.497 e. The van der Waals surface area contributed by atoms with Crippen LogP contribution in [0, 0.1) is 5.92 Å². The second-order valence-corrected chi connectivity index (χ2v) is 12.2. The van der Waals surface area contributed by atoms with E-state index in [4.69, 9.17) is 9.47 Å². The summed E-state index contributed by atoms with van der Waals surface area (Å²) in [5, 5.41) is 10.2. The zero-order chi connectivity index (χ0) is 23.6. The molecule has 0 aliphatic heterocycles. The molecule has 2 aromatic carbocycles. The zero-order valence-corrected chi connectivity index (χ0v) is 20.3. The first-order valence-corrected chi connectivity index (χ1v) is 14.0. The van der Waals surface area contributed by atoms with Crippen LogP contribution < -0.4 is 9.47 Å². The summed E-state index contributed by atoms with van der Waals surface area (Å²) in [5.41, 5.74) is 1.38. The van der Waals surface area contributed by atoms with E-state index >= 15 is 0 Å². The normalized spacial score (nSPS) is 24.5. The number of ether oxygens (including phenoxy) is 2. The molecule has 180 valence electrons. The molecule has 0 spiro atoms. The summed E-state index contributed by atoms with van der Waals surface area (Å²) < 4.78 is 38.0. The molecule has 2 saturated carbocycles. The van der Waals surface area contributed by atoms with E-state index < -0.39 is 19.1 Å². The Hall–Kier alpha value is -1.88. The lowest BCUT2D eigenvalue weighted by molar-refractivity contribution is 0.191. The molecule has 5 nitrogen and oxygen atoms in total. The summed E-state index contributed by atoms with van der Waals surface area (Å²) in [6, 6.07) is 12.9. The lowest BCUT2D eigenvalue weighted by Crippen LogP contribution is -2.20. The minimum absolute atomic E-state index is 0.174. The number of halogens is 1. The topological polar surface area (TPSA) is 76.0 Å². The Labute approximate surface area is 195 Å². The predicted molar refractivity (Wildman–Crippen MR) is 127 cm³/mol. The molecule has 0 amide bonds. The molecule has 0 aromatic heterocycles. The first kappa shape index (κ1) is 24.3. The molecule has 0 saturated heterocycles. The molecule has 4 rings (SSSR count). The van der Waals surface area contributed by atoms with E-state index in [-0.39, 0.29) is 6.16 Å². The molecule has 0 radical (unpaired) electrons. The molecule has 7 heteroatoms. The van der Waals surface area contributed by atoms with E-state index in [0.29, 0.717) is 42.6 Å². The second kappa shape index (κ2) is 9.77. The molecule has 2 aliphatic carbocycles. The van der Waals surface area contributed by atoms with Gasteiger partial charge in [-0.25, -0.2) is 4.39 Å². The number of aliphatic hydroxyl groups excluding tert-OH is 1. The minimum Gasteiger partial charge on any atom is -0.497 e. The molecule has 2 N–H and O–H groups in total. The smallest absolute Gasteiger partial charge is 0.200 e. The Bertz CT molecular complexity index is 1010. The average molecular weight is 477 g/mol. The van der Waals surface area contributed by atoms with Crippen LogP contribution in [-0.4, -0.2) is 36.5 Å². The van der Waals surface area contributed by atoms with Crippen molar-refractivity contribution in [2.45, 2.75) is 56.2 Å². The van der Waals surface area contributed by atoms with Gasteiger partial charge in [0.05, 0.1) is 26.0 Å². The third-order valence-electron chi connectivity index (χ3n) is 6.96. The maximum atomic E-state index is 14.9. The summed E-state index contributed by atoms with van der Waals surface area (Å²) in [6.07, 6.45) is 4.05. The van der Waals surface area contributed by atoms with Gasteiger partial charge < -0.3 is 19.5 Å². The third-order valence-corrected chi connectivity index (χ3v) is 7.98. The average Bonchev–Trinajstić information content (AvgIpc) is 3.55. The highest BCUT2D eigenvalue weighted by Crippen LogP contribution is 2.53. The van der Waals surface area contributed by atoms with Crippen LogP contribution >= 0.6 is 7.37 Å². The number of alkyl halides is 1. The highest BCUT2D eigenvalue weighted by atomic mass is 31.2. The van der Waals surface area contributed by atoms with E-state index in [0.717, 1.165) is 42.6 Å². The molecule has 2 fully saturated rings. The maximum absolute atomic E-state index is 14.9. The number of benzene rings is 2. The van der Waals surface area contributed by atoms with Crippen molar-refractivity contribution in [2.24, 2.45) is 5.92 Å². The fraction of sp³-hybridized carbons (Fsp3) is 0.538. The van der Waals surface area contributed by atoms with Crippen molar-refractivity contribution in [3.63, 3.8) is 0 Å². The number of aliphatic hydroxyl groups is 1. The standard InChI is InChI=1S/C26H34FO5P/c1-31-21-10-11-24(26(27)12-13-26)23(15-21)19-8-6-18(7-9-19)16-32-22-5-3-4-20(14-22)25(28)17-33(2,29)30/h3-5,10-11,14-15,18-19,25,28H,6-9,12-13,16-17H2,1-2H3,(H,29,30)/t18?,19?,25-/m1/s1. The molecule has 2 atom stereocenters. The summed E-state index contributed by atoms with van der Waals surface area (Å²) in [5.74, 6) is 2.19. The van der Waals surface area contributed by atoms with Crippen LogP contribution in [0.5, 0.6) is 11.5 Å². The van der Waals surface area contributed by atoms with Gasteiger partial charge in [0, 0.05) is 6.66 Å². The zero-order valence-electron chi connectivity index (χ0n) is 19.4. The summed E-state index contributed by atoms with van der Waals surface area (Å²) in [6.45, 7) is 1.83. The Balaban J connectivity index is 1.34. The molecule has 33 heavy (non-hydrogen) atoms. The van der Waals surface area contributed by atoms with Crippen LogP contribution in [0.3, 0.4) is 0 Å². The van der Waals surface area contributed by atoms with Crippen molar-refractivity contribution in [3.8, 4) is 11.5 Å². The van der Waals surface area contributed by atoms with Gasteiger partial charge in [0.15, 0.2) is 0 Å². The number of methoxy groups -OCH3 is 1. The Morgan fingerprint density at radius 3 is 2.48 bits per heavy atom. The van der Waals surface area contributed by atoms with Crippen molar-refractivity contribution in [3.05, 3.63) is 59.2 Å². The Kier molecular flexibility index (Phi) is 7.18. The van der Waals surface area contributed by atoms with Gasteiger partial charge in [0.1, 0.15) is 17.2 Å². The van der Waals surface area contributed by atoms with Crippen LogP contribution in [0.15, 0.2) is 42.5 Å². The van der Waals surface area contributed by atoms with Crippen LogP contribution in [0.4, 0.5) is 4.39 Å². The maximum Gasteiger partial charge on any atom is 0.200 e. The summed E-state index contributed by atoms with van der Waals surface area (Å²) in [4.78, 5) is 9.53. The van der Waals surface area contributed by atoms with Gasteiger partial charge in [0.25, 0.3) is 0 Å². The molecule has 2 aliphatic rings. The van der Waals surface area contributed by atoms with Crippen molar-refractivity contribution < 1.29 is 28.4 Å². The minimum atomic E-state index is -3.31. The van der Waals surface area contributed by atoms with Crippen LogP contribution in [0.1, 0.15) is 67.2 Å². The number of hydrogen-bond donors (Lipinski definition) is 2. The van der Waals surface area contributed by atoms with Gasteiger partial charge in [-0.2, -0.15) is 0 Å². The number of rotatable bonds is 9. The van der Waals surface area contributed by atoms with E-state index in [1.54, 1.807) is 25.3 Å². The van der Waals surface area contributed by atoms with E-state index in [2.05, 4.69) is 0 Å². The summed E-state index contributed by atoms with van der Waals surface area (Å²) in [7, 11) is -1.66.